The van der Waals surface area contributed by atoms with E-state index in [2.05, 4.69) is 23.5 Å². The van der Waals surface area contributed by atoms with E-state index in [0.29, 0.717) is 5.92 Å². The molecule has 30 heavy (non-hydrogen) atoms. The van der Waals surface area contributed by atoms with Crippen LogP contribution in [0.1, 0.15) is 58.6 Å². The number of esters is 1. The zero-order valence-electron chi connectivity index (χ0n) is 17.2. The number of nitrogens with zero attached hydrogens (tertiary/aromatic N) is 2. The van der Waals surface area contributed by atoms with Crippen LogP contribution in [0.2, 0.25) is 0 Å². The van der Waals surface area contributed by atoms with Crippen molar-refractivity contribution >= 4 is 12.0 Å². The number of hydrogen-bond acceptors (Lipinski definition) is 4. The molecule has 1 saturated heterocycles. The lowest BCUT2D eigenvalue weighted by molar-refractivity contribution is -0.144. The van der Waals surface area contributed by atoms with E-state index in [4.69, 9.17) is 4.74 Å². The summed E-state index contributed by atoms with van der Waals surface area (Å²) in [6, 6.07) is 9.74. The topological polar surface area (TPSA) is 52.1 Å². The first-order valence-corrected chi connectivity index (χ1v) is 10.9. The molecule has 2 aromatic heterocycles. The van der Waals surface area contributed by atoms with Crippen LogP contribution in [0.4, 0.5) is 0 Å². The molecule has 5 atom stereocenters. The summed E-state index contributed by atoms with van der Waals surface area (Å²) in [6.45, 7) is 5.73. The van der Waals surface area contributed by atoms with Gasteiger partial charge >= 0.3 is 5.97 Å². The summed E-state index contributed by atoms with van der Waals surface area (Å²) in [6.07, 6.45) is 13.4. The van der Waals surface area contributed by atoms with Gasteiger partial charge in [0.05, 0.1) is 17.3 Å². The number of rotatable bonds is 2. The molecule has 2 aliphatic carbocycles. The minimum Gasteiger partial charge on any atom is -0.462 e. The maximum atomic E-state index is 11.7. The second-order valence-electron chi connectivity index (χ2n) is 8.58. The van der Waals surface area contributed by atoms with Crippen molar-refractivity contribution in [3.8, 4) is 11.3 Å². The number of ether oxygens (including phenoxy) is 1. The predicted molar refractivity (Wildman–Crippen MR) is 122 cm³/mol. The molecule has 2 aromatic rings. The van der Waals surface area contributed by atoms with E-state index < -0.39 is 0 Å². The maximum Gasteiger partial charge on any atom is 0.309 e. The fraction of sp³-hybridized carbons (Fsp3) is 0.500. The van der Waals surface area contributed by atoms with Crippen molar-refractivity contribution in [2.45, 2.75) is 59.0 Å². The first kappa shape index (κ1) is 22.2. The van der Waals surface area contributed by atoms with Crippen LogP contribution in [-0.4, -0.2) is 22.0 Å². The molecule has 0 spiro atoms. The molecule has 4 nitrogen and oxygen atoms in total. The Morgan fingerprint density at radius 3 is 2.47 bits per heavy atom. The molecule has 2 saturated carbocycles. The summed E-state index contributed by atoms with van der Waals surface area (Å²) >= 11 is 0. The summed E-state index contributed by atoms with van der Waals surface area (Å²) < 4.78 is 5.38. The monoisotopic (exact) mass is 406 g/mol. The molecule has 1 aliphatic heterocycles. The van der Waals surface area contributed by atoms with Crippen molar-refractivity contribution in [2.75, 3.05) is 0 Å². The average Bonchev–Trinajstić information content (AvgIpc) is 3.06. The minimum absolute atomic E-state index is 0. The number of hydrogen-bond donors (Lipinski definition) is 0. The number of fused-ring (bicyclic) bond motifs is 2. The van der Waals surface area contributed by atoms with Crippen LogP contribution in [0.5, 0.6) is 0 Å². The Kier molecular flexibility index (Phi) is 7.41. The highest BCUT2D eigenvalue weighted by atomic mass is 16.6. The Bertz CT molecular complexity index is 834. The van der Waals surface area contributed by atoms with Crippen LogP contribution >= 0.6 is 0 Å². The third kappa shape index (κ3) is 4.80. The van der Waals surface area contributed by atoms with E-state index in [-0.39, 0.29) is 25.4 Å². The molecule has 3 aliphatic rings. The second kappa shape index (κ2) is 10.0. The third-order valence-corrected chi connectivity index (χ3v) is 6.88. The Morgan fingerprint density at radius 1 is 1.07 bits per heavy atom. The minimum atomic E-state index is 0. The Hall–Kier alpha value is -2.49. The Labute approximate surface area is 180 Å². The zero-order valence-corrected chi connectivity index (χ0v) is 17.2. The Balaban J connectivity index is 0.000000166. The lowest BCUT2D eigenvalue weighted by Gasteiger charge is -2.40. The van der Waals surface area contributed by atoms with Gasteiger partial charge in [0, 0.05) is 23.9 Å². The van der Waals surface area contributed by atoms with E-state index >= 15 is 0 Å². The molecule has 0 bridgehead atoms. The van der Waals surface area contributed by atoms with Crippen molar-refractivity contribution in [1.82, 2.24) is 9.97 Å². The van der Waals surface area contributed by atoms with E-state index in [1.54, 1.807) is 18.5 Å². The summed E-state index contributed by atoms with van der Waals surface area (Å²) in [7, 11) is 0. The third-order valence-electron chi connectivity index (χ3n) is 6.88. The van der Waals surface area contributed by atoms with Gasteiger partial charge in [-0.25, -0.2) is 0 Å². The SMILES string of the molecule is C.C=Cc1ccc(-c2ccccn2)cn1.CC1OC(=O)[C@@H]2CC3CCCCC3CC12. The first-order chi connectivity index (χ1) is 14.2. The fourth-order valence-corrected chi connectivity index (χ4v) is 5.28. The van der Waals surface area contributed by atoms with E-state index in [1.165, 1.54) is 32.1 Å². The molecular formula is C26H34N2O2. The molecule has 3 heterocycles. The Morgan fingerprint density at radius 2 is 1.83 bits per heavy atom. The standard InChI is InChI=1S/C13H20O2.C12H10N2.CH4/c1-8-11-6-9-4-2-3-5-10(9)7-12(11)13(14)15-8;1-2-11-7-6-10(9-14-11)12-5-3-4-8-13-12;/h8-12H,2-7H2,1H3;2-9H,1H2;1H4/t8?,9?,10?,11?,12-;;/m1../s1. The van der Waals surface area contributed by atoms with Crippen molar-refractivity contribution < 1.29 is 9.53 Å². The van der Waals surface area contributed by atoms with Gasteiger partial charge in [-0.2, -0.15) is 0 Å². The van der Waals surface area contributed by atoms with Crippen molar-refractivity contribution in [2.24, 2.45) is 23.7 Å². The number of aromatic nitrogens is 2. The summed E-state index contributed by atoms with van der Waals surface area (Å²) in [5.74, 6) is 2.61. The molecule has 0 aromatic carbocycles. The average molecular weight is 407 g/mol. The second-order valence-corrected chi connectivity index (χ2v) is 8.58. The molecule has 0 radical (unpaired) electrons. The van der Waals surface area contributed by atoms with Gasteiger partial charge in [0.1, 0.15) is 6.10 Å². The predicted octanol–water partition coefficient (Wildman–Crippen LogP) is 6.19. The largest absolute Gasteiger partial charge is 0.462 e. The molecule has 5 rings (SSSR count). The molecule has 3 fully saturated rings. The van der Waals surface area contributed by atoms with Crippen LogP contribution in [0, 0.1) is 23.7 Å². The van der Waals surface area contributed by atoms with Crippen molar-refractivity contribution in [3.05, 3.63) is 55.0 Å². The van der Waals surface area contributed by atoms with Gasteiger partial charge in [0.15, 0.2) is 0 Å². The maximum absolute atomic E-state index is 11.7. The molecule has 0 amide bonds. The lowest BCUT2D eigenvalue weighted by atomic mass is 9.63. The molecular weight excluding hydrogens is 372 g/mol. The summed E-state index contributed by atoms with van der Waals surface area (Å²) in [5, 5.41) is 0. The summed E-state index contributed by atoms with van der Waals surface area (Å²) in [5.41, 5.74) is 2.84. The number of cyclic esters (lactones) is 1. The van der Waals surface area contributed by atoms with Crippen LogP contribution in [0.3, 0.4) is 0 Å². The number of carbonyl (C=O) groups is 1. The van der Waals surface area contributed by atoms with Gasteiger partial charge in [-0.1, -0.05) is 45.8 Å². The first-order valence-electron chi connectivity index (χ1n) is 10.9. The van der Waals surface area contributed by atoms with Gasteiger partial charge < -0.3 is 4.74 Å². The van der Waals surface area contributed by atoms with Gasteiger partial charge in [0.25, 0.3) is 0 Å². The lowest BCUT2D eigenvalue weighted by Crippen LogP contribution is -2.35. The highest BCUT2D eigenvalue weighted by Crippen LogP contribution is 2.49. The van der Waals surface area contributed by atoms with Gasteiger partial charge in [-0.15, -0.1) is 0 Å². The number of carbonyl (C=O) groups excluding carboxylic acids is 1. The molecule has 4 unspecified atom stereocenters. The summed E-state index contributed by atoms with van der Waals surface area (Å²) in [4.78, 5) is 20.1. The normalized spacial score (nSPS) is 29.2. The van der Waals surface area contributed by atoms with Crippen LogP contribution < -0.4 is 0 Å². The van der Waals surface area contributed by atoms with Gasteiger partial charge in [0.2, 0.25) is 0 Å². The zero-order chi connectivity index (χ0) is 20.2. The van der Waals surface area contributed by atoms with Gasteiger partial charge in [-0.3, -0.25) is 14.8 Å². The van der Waals surface area contributed by atoms with Crippen molar-refractivity contribution in [3.63, 3.8) is 0 Å². The van der Waals surface area contributed by atoms with Crippen LogP contribution in [0.25, 0.3) is 17.3 Å². The smallest absolute Gasteiger partial charge is 0.309 e. The van der Waals surface area contributed by atoms with Crippen LogP contribution in [-0.2, 0) is 9.53 Å². The number of pyridine rings is 2. The molecule has 160 valence electrons. The van der Waals surface area contributed by atoms with E-state index in [9.17, 15) is 4.79 Å². The van der Waals surface area contributed by atoms with Crippen molar-refractivity contribution in [1.29, 1.82) is 0 Å². The molecule has 4 heteroatoms. The highest BCUT2D eigenvalue weighted by Gasteiger charge is 2.49. The van der Waals surface area contributed by atoms with E-state index in [0.717, 1.165) is 35.2 Å². The van der Waals surface area contributed by atoms with Gasteiger partial charge in [-0.05, 0) is 61.9 Å². The highest BCUT2D eigenvalue weighted by molar-refractivity contribution is 5.75. The van der Waals surface area contributed by atoms with Crippen LogP contribution in [0.15, 0.2) is 49.3 Å². The van der Waals surface area contributed by atoms with E-state index in [1.807, 2.05) is 30.3 Å². The molecule has 0 N–H and O–H groups in total. The quantitative estimate of drug-likeness (QED) is 0.558. The fourth-order valence-electron chi connectivity index (χ4n) is 5.28.